The van der Waals surface area contributed by atoms with Gasteiger partial charge in [0.15, 0.2) is 29.3 Å². The second-order valence-electron chi connectivity index (χ2n) is 30.0. The van der Waals surface area contributed by atoms with Gasteiger partial charge >= 0.3 is 23.6 Å². The van der Waals surface area contributed by atoms with Crippen molar-refractivity contribution < 1.29 is 117 Å². The van der Waals surface area contributed by atoms with Gasteiger partial charge < -0.3 is 76.5 Å². The molecule has 2 radical (unpaired) electrons. The van der Waals surface area contributed by atoms with E-state index < -0.39 is 97.5 Å². The number of H-pyrrole nitrogens is 1. The number of sulfonamides is 1. The van der Waals surface area contributed by atoms with E-state index in [1.54, 1.807) is 113 Å². The van der Waals surface area contributed by atoms with Gasteiger partial charge in [-0.05, 0) is 97.5 Å². The minimum absolute atomic E-state index is 0. The van der Waals surface area contributed by atoms with E-state index in [-0.39, 0.29) is 178 Å². The zero-order valence-electron chi connectivity index (χ0n) is 73.4. The maximum absolute atomic E-state index is 13.1. The number of hydrogen-bond donors (Lipinski definition) is 5. The van der Waals surface area contributed by atoms with E-state index in [0.717, 1.165) is 44.2 Å². The number of rotatable bonds is 11. The maximum Gasteiger partial charge on any atom is 0.381 e. The first kappa shape index (κ1) is 116. The van der Waals surface area contributed by atoms with Gasteiger partial charge in [0, 0.05) is 139 Å². The number of carbonyl (C=O) groups is 8. The molecule has 6 amide bonds. The van der Waals surface area contributed by atoms with Crippen molar-refractivity contribution in [1.82, 2.24) is 67.3 Å². The van der Waals surface area contributed by atoms with Gasteiger partial charge in [0.2, 0.25) is 6.33 Å². The number of aromatic nitrogens is 14. The molecule has 0 atom stereocenters. The summed E-state index contributed by atoms with van der Waals surface area (Å²) in [6.45, 7) is 17.3. The Labute approximate surface area is 835 Å². The number of aryl methyl sites for hydroxylation is 6. The largest absolute Gasteiger partial charge is 0.398 e. The monoisotopic (exact) mass is 2110 g/mol. The molecule has 55 heteroatoms. The number of amides is 6. The molecule has 0 saturated carbocycles. The van der Waals surface area contributed by atoms with Crippen LogP contribution < -0.4 is 36.6 Å². The van der Waals surface area contributed by atoms with Gasteiger partial charge in [-0.15, -0.1) is 0 Å². The maximum atomic E-state index is 13.1. The summed E-state index contributed by atoms with van der Waals surface area (Å²) in [5.74, 6) is -4.46. The van der Waals surface area contributed by atoms with Crippen LogP contribution in [-0.2, 0) is 114 Å². The number of hydrogen-bond acceptors (Lipinski definition) is 31. The van der Waals surface area contributed by atoms with Gasteiger partial charge in [-0.2, -0.15) is 6.92 Å². The van der Waals surface area contributed by atoms with Crippen molar-refractivity contribution >= 4 is 187 Å². The summed E-state index contributed by atoms with van der Waals surface area (Å²) >= 11 is 23.7. The molecule has 0 aliphatic carbocycles. The number of fused-ring (bicyclic) bond motifs is 4. The number of halogens is 5. The van der Waals surface area contributed by atoms with Crippen LogP contribution in [0.15, 0.2) is 195 Å². The number of benzene rings is 6. The van der Waals surface area contributed by atoms with E-state index >= 15 is 0 Å². The van der Waals surface area contributed by atoms with Crippen LogP contribution in [0.3, 0.4) is 0 Å². The van der Waals surface area contributed by atoms with Crippen molar-refractivity contribution in [3.8, 4) is 0 Å². The van der Waals surface area contributed by atoms with Crippen LogP contribution in [0.5, 0.6) is 0 Å². The molecule has 728 valence electrons. The number of nitrogens with one attached hydrogen (secondary N) is 2. The van der Waals surface area contributed by atoms with Crippen molar-refractivity contribution in [2.45, 2.75) is 83.9 Å². The molecular weight excluding hydrogens is 2030 g/mol. The van der Waals surface area contributed by atoms with E-state index in [2.05, 4.69) is 77.0 Å². The second-order valence-corrected chi connectivity index (χ2v) is 35.8. The SMILES string of the molecule is C.C.CC(C)(C)c1ccc(S(=O)(=O)Cl)cc1.Cn1cnc(N)c1.Cn1cnc(N)c1.Cn1cnc(N2C(=O)c3c(Cl)ccc(NS(=O)(=O)c4ccc(C(C)(C)C)cc4)c3C2=O)c1.Cn1cnc(N2C(=O)c3c(Cl)ccc([N+](=O)[O-])c3C2=O)c1.Cn1cnc(N2C(=O)c3c(N)ccc(Cl)c3C2=O)c1.Cn1cnc([N+](=O)[O-])c1.O=C1OC(=O)c2c([N+](=O)[O-])ccc(Cl)c21.O=[N+]([O-])c1cnc[nH]1.[CH2-]C.[V].[V]. The first-order chi connectivity index (χ1) is 62.6. The van der Waals surface area contributed by atoms with E-state index in [0.29, 0.717) is 11.6 Å². The Bertz CT molecular complexity index is 6870. The number of ether oxygens (including phenoxy) is 1. The van der Waals surface area contributed by atoms with Gasteiger partial charge in [-0.1, -0.05) is 127 Å². The number of nitrogens with two attached hydrogens (primary N) is 3. The molecule has 0 bridgehead atoms. The minimum atomic E-state index is -4.02. The summed E-state index contributed by atoms with van der Waals surface area (Å²) in [6.07, 6.45) is 20.9. The van der Waals surface area contributed by atoms with E-state index in [9.17, 15) is 95.6 Å². The molecule has 4 aliphatic rings. The van der Waals surface area contributed by atoms with Crippen LogP contribution in [0.4, 0.5) is 63.5 Å². The zero-order chi connectivity index (χ0) is 100.0. The van der Waals surface area contributed by atoms with Gasteiger partial charge in [-0.25, -0.2) is 76.0 Å². The number of esters is 2. The number of cyclic esters (lactones) is 2. The van der Waals surface area contributed by atoms with Crippen molar-refractivity contribution in [1.29, 1.82) is 0 Å². The normalized spacial score (nSPS) is 12.2. The third-order valence-corrected chi connectivity index (χ3v) is 22.2. The molecule has 8 N–H and O–H groups in total. The van der Waals surface area contributed by atoms with Gasteiger partial charge in [0.25, 0.3) is 65.9 Å². The van der Waals surface area contributed by atoms with Gasteiger partial charge in [0.05, 0.1) is 105 Å². The summed E-state index contributed by atoms with van der Waals surface area (Å²) in [5, 5.41) is 41.6. The summed E-state index contributed by atoms with van der Waals surface area (Å²) < 4.78 is 64.5. The van der Waals surface area contributed by atoms with E-state index in [1.165, 1.54) is 115 Å². The van der Waals surface area contributed by atoms with Crippen LogP contribution in [-0.4, -0.2) is 151 Å². The molecule has 138 heavy (non-hydrogen) atoms. The summed E-state index contributed by atoms with van der Waals surface area (Å²) in [7, 11) is 8.14. The number of nitro benzene ring substituents is 2. The molecule has 7 aromatic heterocycles. The standard InChI is InChI=1S/C22H21ClN4O4S.C12H7ClN4O4.C12H9ClN4O2.C10H13ClO2S.C8H2ClNO5.C4H5N3O2.2C4H7N3.C3H3N3O2.C2H5.2CH4.2V/c1-22(2,3)13-5-7-14(8-6-13)32(30,31)25-16-10-9-15(23)18-19(16)21(29)27(20(18)28)17-11-26(4)12-24-17;1-15-4-8(14-5-15)16-11(18)9-6(13)2-3-7(17(20)21)10(9)12(16)19;1-16-4-8(15-5-16)17-11(18)9-6(13)2-3-7(14)10(9)12(17)19;1-10(2,3)8-4-6-9(7-5-8)14(11,12)13;9-3-1-2-4(10(13)14)6-5(3)7(11)15-8(6)12;1-6-2-4(5-3-6)7(8)9;2*1-7-2-4(5)6-3-7;7-6(8)3-1-4-2-5-3;1-2;;;;/h5-12,25H,1-4H3;2-5H,1H3;2-5H,14H2,1H3;4-7H,1-3H3;1-2H;2-3H,1H3;2*2-3H,5H2,1H3;1-2H,(H,4,5);1H2,2H3;2*1H4;;/q;;;;;;;;;-1;;;;. The van der Waals surface area contributed by atoms with Gasteiger partial charge in [-0.3, -0.25) is 53.7 Å². The predicted molar refractivity (Wildman–Crippen MR) is 505 cm³/mol. The molecule has 0 unspecified atom stereocenters. The molecule has 0 fully saturated rings. The molecule has 4 aliphatic heterocycles. The predicted octanol–water partition coefficient (Wildman–Crippen LogP) is 14.4. The molecule has 0 spiro atoms. The smallest absolute Gasteiger partial charge is 0.381 e. The first-order valence-corrected chi connectivity index (χ1v) is 43.3. The quantitative estimate of drug-likeness (QED) is 0.0117. The average molecular weight is 2110 g/mol. The number of imidazole rings is 7. The van der Waals surface area contributed by atoms with Crippen molar-refractivity contribution in [2.75, 3.05) is 36.6 Å². The van der Waals surface area contributed by atoms with Crippen LogP contribution in [0.1, 0.15) is 157 Å². The Balaban J connectivity index is 0.000000336. The fourth-order valence-electron chi connectivity index (χ4n) is 11.9. The van der Waals surface area contributed by atoms with Crippen LogP contribution in [0.25, 0.3) is 0 Å². The Hall–Kier alpha value is -14.3. The molecule has 11 heterocycles. The number of aromatic amines is 1. The Kier molecular flexibility index (Phi) is 40.7. The van der Waals surface area contributed by atoms with Crippen molar-refractivity contribution in [3.63, 3.8) is 0 Å². The molecule has 17 rings (SSSR count). The molecular formula is C83H87Cl5N25O21S2V2-. The average Bonchev–Trinajstić information content (AvgIpc) is 1.58. The summed E-state index contributed by atoms with van der Waals surface area (Å²) in [5.41, 5.74) is 16.5. The number of carbonyl (C=O) groups excluding carboxylic acids is 8. The van der Waals surface area contributed by atoms with Crippen LogP contribution in [0, 0.1) is 47.4 Å². The fraction of sp³-hybridized carbons (Fsp3) is 0.205. The third kappa shape index (κ3) is 28.0. The van der Waals surface area contributed by atoms with Crippen molar-refractivity contribution in [2.24, 2.45) is 42.3 Å². The number of nitrogens with zero attached hydrogens (tertiary/aromatic N) is 20. The Morgan fingerprint density at radius 3 is 1.06 bits per heavy atom. The third-order valence-electron chi connectivity index (χ3n) is 18.1. The number of nitro groups is 4. The number of nitrogen functional groups attached to an aromatic ring is 3. The second kappa shape index (κ2) is 48.4. The zero-order valence-corrected chi connectivity index (χ0v) is 81.6. The molecule has 46 nitrogen and oxygen atoms in total. The first-order valence-electron chi connectivity index (χ1n) is 38.0. The minimum Gasteiger partial charge on any atom is -0.398 e. The summed E-state index contributed by atoms with van der Waals surface area (Å²) in [4.78, 5) is 168. The van der Waals surface area contributed by atoms with Crippen molar-refractivity contribution in [3.05, 3.63) is 308 Å². The van der Waals surface area contributed by atoms with Gasteiger partial charge in [0.1, 0.15) is 35.2 Å². The Morgan fingerprint density at radius 2 is 0.746 bits per heavy atom. The number of anilines is 7. The molecule has 6 aromatic carbocycles. The fourth-order valence-corrected chi connectivity index (χ4v) is 14.7. The number of imide groups is 3. The van der Waals surface area contributed by atoms with E-state index in [4.69, 9.17) is 74.3 Å². The van der Waals surface area contributed by atoms with Crippen LogP contribution in [0.2, 0.25) is 20.1 Å². The topological polar surface area (TPSA) is 622 Å². The summed E-state index contributed by atoms with van der Waals surface area (Å²) in [6, 6.07) is 23.5. The Morgan fingerprint density at radius 1 is 0.413 bits per heavy atom. The molecule has 0 saturated heterocycles. The van der Waals surface area contributed by atoms with E-state index in [1.807, 2.05) is 34.9 Å². The van der Waals surface area contributed by atoms with Crippen LogP contribution >= 0.6 is 57.1 Å². The molecule has 13 aromatic rings.